The molecule has 0 aliphatic rings. The van der Waals surface area contributed by atoms with Gasteiger partial charge in [0.1, 0.15) is 0 Å². The predicted molar refractivity (Wildman–Crippen MR) is 337 cm³/mol. The first-order chi connectivity index (χ1) is 43.5. The van der Waals surface area contributed by atoms with Crippen LogP contribution in [0.2, 0.25) is 0 Å². The third kappa shape index (κ3) is 9.83. The molecule has 14 aromatic rings. The van der Waals surface area contributed by atoms with Gasteiger partial charge in [0.15, 0.2) is 0 Å². The van der Waals surface area contributed by atoms with Crippen LogP contribution in [0.1, 0.15) is 29.0 Å². The molecule has 0 radical (unpaired) electrons. The van der Waals surface area contributed by atoms with Crippen LogP contribution in [-0.2, 0) is 20.1 Å². The second-order valence-electron chi connectivity index (χ2n) is 20.2. The normalized spacial score (nSPS) is 13.3. The summed E-state index contributed by atoms with van der Waals surface area (Å²) < 4.78 is 71.8. The van der Waals surface area contributed by atoms with E-state index in [-0.39, 0.29) is 36.8 Å². The van der Waals surface area contributed by atoms with Crippen molar-refractivity contribution in [3.05, 3.63) is 296 Å². The minimum Gasteiger partial charge on any atom is -0.305 e. The average molecular weight is 1230 g/mol. The Labute approximate surface area is 505 Å². The van der Waals surface area contributed by atoms with Gasteiger partial charge in [-0.15, -0.1) is 83.4 Å². The summed E-state index contributed by atoms with van der Waals surface area (Å²) >= 11 is 0. The van der Waals surface area contributed by atoms with E-state index in [1.807, 2.05) is 66.7 Å². The average Bonchev–Trinajstić information content (AvgIpc) is 1.07. The monoisotopic (exact) mass is 1230 g/mol. The Hall–Kier alpha value is -9.70. The summed E-state index contributed by atoms with van der Waals surface area (Å²) in [5, 5.41) is 6.93. The first-order valence-electron chi connectivity index (χ1n) is 31.3. The molecule has 11 aromatic carbocycles. The molecule has 0 amide bonds. The maximum absolute atomic E-state index is 8.07. The van der Waals surface area contributed by atoms with E-state index in [9.17, 15) is 0 Å². The molecular weight excluding hydrogens is 1170 g/mol. The Morgan fingerprint density at radius 2 is 0.720 bits per heavy atom. The fourth-order valence-electron chi connectivity index (χ4n) is 11.4. The van der Waals surface area contributed by atoms with Crippen LogP contribution in [0.3, 0.4) is 0 Å². The first-order valence-corrected chi connectivity index (χ1v) is 26.8. The van der Waals surface area contributed by atoms with Crippen molar-refractivity contribution in [3.8, 4) is 112 Å². The molecule has 4 heteroatoms. The van der Waals surface area contributed by atoms with Crippen molar-refractivity contribution in [1.29, 1.82) is 0 Å². The number of aryl methyl sites for hydroxylation is 3. The molecule has 0 N–H and O–H groups in total. The Morgan fingerprint density at radius 1 is 0.280 bits per heavy atom. The van der Waals surface area contributed by atoms with E-state index < -0.39 is 20.6 Å². The van der Waals surface area contributed by atoms with Crippen molar-refractivity contribution in [1.82, 2.24) is 15.0 Å². The largest absolute Gasteiger partial charge is 3.00 e. The molecule has 0 aliphatic heterocycles. The fraction of sp³-hybridized carbons (Fsp3) is 0.0385. The topological polar surface area (TPSA) is 38.7 Å². The van der Waals surface area contributed by atoms with Crippen LogP contribution in [0.25, 0.3) is 144 Å². The zero-order chi connectivity index (χ0) is 61.9. The summed E-state index contributed by atoms with van der Waals surface area (Å²) in [5.74, 6) is 0. The fourth-order valence-corrected chi connectivity index (χ4v) is 11.4. The molecule has 0 fully saturated rings. The molecule has 0 atom stereocenters. The number of pyridine rings is 3. The van der Waals surface area contributed by atoms with Gasteiger partial charge in [-0.2, -0.15) is 0 Å². The van der Waals surface area contributed by atoms with Crippen LogP contribution in [0.15, 0.2) is 261 Å². The molecule has 82 heavy (non-hydrogen) atoms. The third-order valence-electron chi connectivity index (χ3n) is 15.3. The smallest absolute Gasteiger partial charge is 0.305 e. The van der Waals surface area contributed by atoms with Gasteiger partial charge in [-0.1, -0.05) is 208 Å². The third-order valence-corrected chi connectivity index (χ3v) is 15.3. The molecular formula is C78H52IrN3. The van der Waals surface area contributed by atoms with E-state index in [1.54, 1.807) is 30.3 Å². The van der Waals surface area contributed by atoms with Crippen LogP contribution in [0.4, 0.5) is 0 Å². The Kier molecular flexibility index (Phi) is 11.4. The molecule has 0 saturated carbocycles. The Bertz CT molecular complexity index is 5030. The van der Waals surface area contributed by atoms with Gasteiger partial charge >= 0.3 is 20.1 Å². The van der Waals surface area contributed by atoms with Crippen LogP contribution >= 0.6 is 0 Å². The van der Waals surface area contributed by atoms with Gasteiger partial charge in [0.25, 0.3) is 0 Å². The van der Waals surface area contributed by atoms with Gasteiger partial charge in [0.2, 0.25) is 0 Å². The molecule has 0 bridgehead atoms. The van der Waals surface area contributed by atoms with Crippen molar-refractivity contribution in [2.45, 2.75) is 20.6 Å². The number of fused-ring (bicyclic) bond motifs is 6. The first kappa shape index (κ1) is 42.2. The second kappa shape index (κ2) is 22.1. The molecule has 0 saturated heterocycles. The zero-order valence-electron chi connectivity index (χ0n) is 53.0. The number of hydrogen-bond acceptors (Lipinski definition) is 3. The van der Waals surface area contributed by atoms with E-state index in [1.165, 1.54) is 40.8 Å². The number of aromatic nitrogens is 3. The molecule has 0 aliphatic carbocycles. The van der Waals surface area contributed by atoms with Crippen molar-refractivity contribution in [3.63, 3.8) is 0 Å². The summed E-state index contributed by atoms with van der Waals surface area (Å²) in [6, 6.07) is 91.9. The quantitative estimate of drug-likeness (QED) is 0.101. The van der Waals surface area contributed by atoms with Crippen molar-refractivity contribution in [2.75, 3.05) is 0 Å². The minimum atomic E-state index is -2.31. The van der Waals surface area contributed by atoms with Gasteiger partial charge in [0.05, 0.1) is 0 Å². The van der Waals surface area contributed by atoms with Gasteiger partial charge in [-0.05, 0) is 150 Å². The summed E-state index contributed by atoms with van der Waals surface area (Å²) in [6.45, 7) is -6.85. The maximum atomic E-state index is 8.07. The number of benzene rings is 11. The van der Waals surface area contributed by atoms with Crippen LogP contribution in [0, 0.1) is 38.8 Å². The van der Waals surface area contributed by atoms with Gasteiger partial charge < -0.3 is 15.0 Å². The van der Waals surface area contributed by atoms with Crippen LogP contribution in [0.5, 0.6) is 0 Å². The number of nitrogens with zero attached hydrogens (tertiary/aromatic N) is 3. The number of rotatable bonds is 10. The molecule has 3 heterocycles. The molecule has 0 spiro atoms. The zero-order valence-corrected chi connectivity index (χ0v) is 46.4. The van der Waals surface area contributed by atoms with E-state index in [2.05, 4.69) is 168 Å². The summed E-state index contributed by atoms with van der Waals surface area (Å²) in [7, 11) is 0. The van der Waals surface area contributed by atoms with E-state index in [4.69, 9.17) is 17.3 Å². The van der Waals surface area contributed by atoms with E-state index in [0.717, 1.165) is 99.6 Å². The molecule has 388 valence electrons. The summed E-state index contributed by atoms with van der Waals surface area (Å²) in [6.07, 6.45) is 4.35. The van der Waals surface area contributed by atoms with E-state index in [0.29, 0.717) is 28.2 Å². The standard InChI is InChI=1S/C78H52N3.Ir/c1-50-40-41-79-78(42-50)56-32-28-54(29-33-56)63-15-5-7-17-65(63)60-43-59(64-16-6-4-14-62(64)53-26-30-55(31-27-53)76-38-24-51(2)48-80-76)44-61(45-60)66-18-8-9-19-67(66)72-37-35-58(77-39-25-52(3)49-81-77)47-74(72)57-34-36-73-70-22-11-10-20-68(70)69-21-12-13-23-71(69)75(73)46-57;/h4-30,32,34,36-49H,1-3H3;/q-3;+3/i1D3,2D3,3D3;. The van der Waals surface area contributed by atoms with Crippen molar-refractivity contribution >= 4 is 32.3 Å². The van der Waals surface area contributed by atoms with Crippen molar-refractivity contribution < 1.29 is 32.4 Å². The van der Waals surface area contributed by atoms with Crippen molar-refractivity contribution in [2.24, 2.45) is 0 Å². The molecule has 14 rings (SSSR count). The molecule has 3 nitrogen and oxygen atoms in total. The number of hydrogen-bond donors (Lipinski definition) is 0. The van der Waals surface area contributed by atoms with Gasteiger partial charge in [0, 0.05) is 30.9 Å². The Morgan fingerprint density at radius 3 is 1.22 bits per heavy atom. The minimum absolute atomic E-state index is 0. The summed E-state index contributed by atoms with van der Waals surface area (Å²) in [5.41, 5.74) is 17.7. The van der Waals surface area contributed by atoms with Gasteiger partial charge in [-0.25, -0.2) is 0 Å². The predicted octanol–water partition coefficient (Wildman–Crippen LogP) is 20.3. The maximum Gasteiger partial charge on any atom is 3.00 e. The molecule has 3 aromatic heterocycles. The summed E-state index contributed by atoms with van der Waals surface area (Å²) in [4.78, 5) is 13.7. The van der Waals surface area contributed by atoms with Crippen LogP contribution < -0.4 is 0 Å². The second-order valence-corrected chi connectivity index (χ2v) is 20.2. The van der Waals surface area contributed by atoms with Gasteiger partial charge in [-0.3, -0.25) is 0 Å². The molecule has 0 unspecified atom stereocenters. The Balaban J connectivity index is 0.00000758. The SMILES string of the molecule is [2H]C([2H])([2H])c1ccc(-c2[c-]cc(-c3ccccc3-c3cc(-c4ccccc4-c4c[c-]c(-c5cc(C([2H])([2H])[2H])ccn5)cc4)cc(-c4ccccc4-c4c[c-]c(-c5ccc(C([2H])([2H])[2H])cn5)cc4-c4ccc5c6ccccc6c6ccccc6c5c4)c3)cc2)nc1.[Ir+3]. The van der Waals surface area contributed by atoms with E-state index >= 15 is 0 Å². The van der Waals surface area contributed by atoms with Crippen LogP contribution in [-0.4, -0.2) is 15.0 Å².